The van der Waals surface area contributed by atoms with Gasteiger partial charge in [0, 0.05) is 24.7 Å². The van der Waals surface area contributed by atoms with Crippen molar-refractivity contribution < 1.29 is 8.42 Å². The van der Waals surface area contributed by atoms with Gasteiger partial charge in [-0.25, -0.2) is 8.42 Å². The monoisotopic (exact) mass is 300 g/mol. The number of sulfonamides is 1. The SMILES string of the molecule is CCNCc1cn[nH]c1S(=O)(=O)N1CCCC1C(C)C. The van der Waals surface area contributed by atoms with Crippen molar-refractivity contribution in [3.05, 3.63) is 11.8 Å². The largest absolute Gasteiger partial charge is 0.313 e. The molecule has 6 nitrogen and oxygen atoms in total. The van der Waals surface area contributed by atoms with Gasteiger partial charge in [-0.3, -0.25) is 5.10 Å². The van der Waals surface area contributed by atoms with Crippen LogP contribution in [0.3, 0.4) is 0 Å². The average Bonchev–Trinajstić information content (AvgIpc) is 3.05. The molecule has 1 aliphatic heterocycles. The molecular formula is C13H24N4O2S. The van der Waals surface area contributed by atoms with Gasteiger partial charge in [-0.15, -0.1) is 0 Å². The lowest BCUT2D eigenvalue weighted by Crippen LogP contribution is -2.39. The molecule has 0 aliphatic carbocycles. The number of nitrogens with one attached hydrogen (secondary N) is 2. The number of aromatic nitrogens is 2. The van der Waals surface area contributed by atoms with Gasteiger partial charge in [-0.2, -0.15) is 9.40 Å². The molecular weight excluding hydrogens is 276 g/mol. The highest BCUT2D eigenvalue weighted by Crippen LogP contribution is 2.30. The van der Waals surface area contributed by atoms with Gasteiger partial charge in [0.2, 0.25) is 0 Å². The summed E-state index contributed by atoms with van der Waals surface area (Å²) in [7, 11) is -3.48. The third kappa shape index (κ3) is 2.89. The van der Waals surface area contributed by atoms with E-state index in [0.29, 0.717) is 24.6 Å². The summed E-state index contributed by atoms with van der Waals surface area (Å²) >= 11 is 0. The summed E-state index contributed by atoms with van der Waals surface area (Å²) in [5, 5.41) is 9.97. The number of H-pyrrole nitrogens is 1. The molecule has 1 unspecified atom stereocenters. The Hall–Kier alpha value is -0.920. The van der Waals surface area contributed by atoms with E-state index in [2.05, 4.69) is 29.4 Å². The van der Waals surface area contributed by atoms with Crippen LogP contribution in [0.4, 0.5) is 0 Å². The van der Waals surface area contributed by atoms with Crippen LogP contribution in [0.1, 0.15) is 39.2 Å². The lowest BCUT2D eigenvalue weighted by Gasteiger charge is -2.26. The van der Waals surface area contributed by atoms with Gasteiger partial charge in [-0.05, 0) is 25.3 Å². The van der Waals surface area contributed by atoms with E-state index >= 15 is 0 Å². The molecule has 0 radical (unpaired) electrons. The van der Waals surface area contributed by atoms with Crippen molar-refractivity contribution in [2.24, 2.45) is 5.92 Å². The summed E-state index contributed by atoms with van der Waals surface area (Å²) in [6, 6.07) is 0.0929. The molecule has 1 atom stereocenters. The third-order valence-corrected chi connectivity index (χ3v) is 5.77. The molecule has 1 fully saturated rings. The predicted molar refractivity (Wildman–Crippen MR) is 77.7 cm³/mol. The Bertz CT molecular complexity index is 538. The van der Waals surface area contributed by atoms with Gasteiger partial charge in [-0.1, -0.05) is 20.8 Å². The molecule has 2 heterocycles. The van der Waals surface area contributed by atoms with E-state index in [0.717, 1.165) is 19.4 Å². The Morgan fingerprint density at radius 3 is 2.95 bits per heavy atom. The van der Waals surface area contributed by atoms with Crippen molar-refractivity contribution in [3.63, 3.8) is 0 Å². The van der Waals surface area contributed by atoms with Crippen LogP contribution >= 0.6 is 0 Å². The molecule has 1 aromatic rings. The van der Waals surface area contributed by atoms with Crippen molar-refractivity contribution in [1.29, 1.82) is 0 Å². The van der Waals surface area contributed by atoms with Crippen molar-refractivity contribution >= 4 is 10.0 Å². The zero-order chi connectivity index (χ0) is 14.8. The van der Waals surface area contributed by atoms with E-state index in [1.165, 1.54) is 0 Å². The minimum absolute atomic E-state index is 0.0929. The van der Waals surface area contributed by atoms with Gasteiger partial charge >= 0.3 is 0 Å². The maximum Gasteiger partial charge on any atom is 0.260 e. The summed E-state index contributed by atoms with van der Waals surface area (Å²) in [5.74, 6) is 0.326. The van der Waals surface area contributed by atoms with Crippen molar-refractivity contribution in [1.82, 2.24) is 19.8 Å². The first-order valence-electron chi connectivity index (χ1n) is 7.23. The summed E-state index contributed by atoms with van der Waals surface area (Å²) in [6.07, 6.45) is 3.46. The molecule has 2 N–H and O–H groups in total. The topological polar surface area (TPSA) is 78.1 Å². The maximum atomic E-state index is 12.8. The number of aromatic amines is 1. The van der Waals surface area contributed by atoms with Gasteiger partial charge in [0.15, 0.2) is 5.03 Å². The van der Waals surface area contributed by atoms with Crippen LogP contribution < -0.4 is 5.32 Å². The van der Waals surface area contributed by atoms with E-state index in [9.17, 15) is 8.42 Å². The van der Waals surface area contributed by atoms with Crippen LogP contribution in [0.15, 0.2) is 11.2 Å². The molecule has 0 aromatic carbocycles. The molecule has 7 heteroatoms. The zero-order valence-electron chi connectivity index (χ0n) is 12.4. The number of hydrogen-bond donors (Lipinski definition) is 2. The Labute approximate surface area is 121 Å². The first-order chi connectivity index (χ1) is 9.48. The van der Waals surface area contributed by atoms with E-state index < -0.39 is 10.0 Å². The molecule has 2 rings (SSSR count). The molecule has 0 spiro atoms. The van der Waals surface area contributed by atoms with Crippen LogP contribution in [0.5, 0.6) is 0 Å². The van der Waals surface area contributed by atoms with Crippen LogP contribution in [0.25, 0.3) is 0 Å². The number of rotatable bonds is 6. The van der Waals surface area contributed by atoms with Crippen LogP contribution in [0, 0.1) is 5.92 Å². The molecule has 1 aromatic heterocycles. The van der Waals surface area contributed by atoms with Gasteiger partial charge in [0.05, 0.1) is 6.20 Å². The van der Waals surface area contributed by atoms with Crippen LogP contribution in [-0.2, 0) is 16.6 Å². The lowest BCUT2D eigenvalue weighted by atomic mass is 10.0. The van der Waals surface area contributed by atoms with Gasteiger partial charge in [0.25, 0.3) is 10.0 Å². The second-order valence-electron chi connectivity index (χ2n) is 5.57. The van der Waals surface area contributed by atoms with E-state index in [-0.39, 0.29) is 11.1 Å². The standard InChI is InChI=1S/C13H24N4O2S/c1-4-14-8-11-9-15-16-13(11)20(18,19)17-7-5-6-12(17)10(2)3/h9-10,12,14H,4-8H2,1-3H3,(H,15,16). The maximum absolute atomic E-state index is 12.8. The fourth-order valence-corrected chi connectivity index (χ4v) is 4.69. The smallest absolute Gasteiger partial charge is 0.260 e. The zero-order valence-corrected chi connectivity index (χ0v) is 13.2. The number of hydrogen-bond acceptors (Lipinski definition) is 4. The molecule has 20 heavy (non-hydrogen) atoms. The average molecular weight is 300 g/mol. The highest BCUT2D eigenvalue weighted by molar-refractivity contribution is 7.89. The van der Waals surface area contributed by atoms with Crippen molar-refractivity contribution in [2.75, 3.05) is 13.1 Å². The van der Waals surface area contributed by atoms with E-state index in [1.807, 2.05) is 6.92 Å². The normalized spacial score (nSPS) is 20.9. The minimum Gasteiger partial charge on any atom is -0.313 e. The van der Waals surface area contributed by atoms with E-state index in [4.69, 9.17) is 0 Å². The Morgan fingerprint density at radius 2 is 2.30 bits per heavy atom. The summed E-state index contributed by atoms with van der Waals surface area (Å²) < 4.78 is 27.3. The Morgan fingerprint density at radius 1 is 1.55 bits per heavy atom. The van der Waals surface area contributed by atoms with E-state index in [1.54, 1.807) is 10.5 Å². The minimum atomic E-state index is -3.48. The quantitative estimate of drug-likeness (QED) is 0.831. The third-order valence-electron chi connectivity index (χ3n) is 3.83. The fourth-order valence-electron chi connectivity index (χ4n) is 2.76. The lowest BCUT2D eigenvalue weighted by molar-refractivity contribution is 0.314. The molecule has 0 amide bonds. The first-order valence-corrected chi connectivity index (χ1v) is 8.67. The Kier molecular flexibility index (Phi) is 4.82. The van der Waals surface area contributed by atoms with Crippen LogP contribution in [-0.4, -0.2) is 42.1 Å². The molecule has 0 bridgehead atoms. The highest BCUT2D eigenvalue weighted by atomic mass is 32.2. The summed E-state index contributed by atoms with van der Waals surface area (Å²) in [4.78, 5) is 0. The molecule has 114 valence electrons. The van der Waals surface area contributed by atoms with Crippen LogP contribution in [0.2, 0.25) is 0 Å². The fraction of sp³-hybridized carbons (Fsp3) is 0.769. The highest BCUT2D eigenvalue weighted by Gasteiger charge is 2.38. The van der Waals surface area contributed by atoms with Crippen molar-refractivity contribution in [2.45, 2.75) is 51.2 Å². The first kappa shape index (κ1) is 15.5. The Balaban J connectivity index is 2.28. The van der Waals surface area contributed by atoms with Crippen molar-refractivity contribution in [3.8, 4) is 0 Å². The summed E-state index contributed by atoms with van der Waals surface area (Å²) in [6.45, 7) is 8.05. The molecule has 1 aliphatic rings. The van der Waals surface area contributed by atoms with Gasteiger partial charge < -0.3 is 5.32 Å². The predicted octanol–water partition coefficient (Wildman–Crippen LogP) is 1.33. The molecule has 1 saturated heterocycles. The molecule has 0 saturated carbocycles. The van der Waals surface area contributed by atoms with Gasteiger partial charge in [0.1, 0.15) is 0 Å². The number of nitrogens with zero attached hydrogens (tertiary/aromatic N) is 2. The second-order valence-corrected chi connectivity index (χ2v) is 7.40. The summed E-state index contributed by atoms with van der Waals surface area (Å²) in [5.41, 5.74) is 0.709. The second kappa shape index (κ2) is 6.24.